The van der Waals surface area contributed by atoms with Crippen LogP contribution < -0.4 is 11.1 Å². The lowest BCUT2D eigenvalue weighted by molar-refractivity contribution is -0.150. The van der Waals surface area contributed by atoms with Crippen LogP contribution in [0.2, 0.25) is 0 Å². The molecule has 0 bridgehead atoms. The van der Waals surface area contributed by atoms with E-state index in [0.717, 1.165) is 0 Å². The molecule has 0 aromatic carbocycles. The number of carbonyl (C=O) groups is 3. The number of nitrogens with two attached hydrogens (primary N) is 1. The Balaban J connectivity index is 2.90. The maximum Gasteiger partial charge on any atom is 0.305 e. The van der Waals surface area contributed by atoms with E-state index in [0.29, 0.717) is 6.54 Å². The number of carboxylic acids is 1. The van der Waals surface area contributed by atoms with E-state index in [4.69, 9.17) is 10.8 Å². The topological polar surface area (TPSA) is 113 Å². The molecule has 1 heterocycles. The van der Waals surface area contributed by atoms with Crippen LogP contribution in [0.5, 0.6) is 0 Å². The Labute approximate surface area is 98.9 Å². The van der Waals surface area contributed by atoms with Gasteiger partial charge in [0.25, 0.3) is 0 Å². The van der Waals surface area contributed by atoms with E-state index >= 15 is 0 Å². The molecular formula is C10H17N3O4. The Hall–Kier alpha value is -1.63. The molecule has 4 N–H and O–H groups in total. The van der Waals surface area contributed by atoms with Crippen LogP contribution in [0, 0.1) is 0 Å². The second-order valence-corrected chi connectivity index (χ2v) is 4.62. The van der Waals surface area contributed by atoms with Gasteiger partial charge in [0.2, 0.25) is 11.8 Å². The molecule has 1 aliphatic heterocycles. The summed E-state index contributed by atoms with van der Waals surface area (Å²) in [6, 6.07) is -0.975. The van der Waals surface area contributed by atoms with Gasteiger partial charge in [0.05, 0.1) is 12.0 Å². The van der Waals surface area contributed by atoms with Gasteiger partial charge in [-0.25, -0.2) is 0 Å². The molecule has 0 aromatic rings. The SMILES string of the molecule is CC(C)(N)C(=O)N1CCNC(=O)C1CC(=O)O. The third kappa shape index (κ3) is 3.16. The Bertz CT molecular complexity index is 348. The number of nitrogens with one attached hydrogen (secondary N) is 1. The molecule has 0 saturated carbocycles. The lowest BCUT2D eigenvalue weighted by atomic mass is 10.0. The quantitative estimate of drug-likeness (QED) is 0.560. The number of carboxylic acid groups (broad SMARTS) is 1. The van der Waals surface area contributed by atoms with E-state index in [1.54, 1.807) is 0 Å². The lowest BCUT2D eigenvalue weighted by Crippen LogP contribution is -2.63. The highest BCUT2D eigenvalue weighted by Gasteiger charge is 2.38. The summed E-state index contributed by atoms with van der Waals surface area (Å²) in [6.45, 7) is 3.65. The summed E-state index contributed by atoms with van der Waals surface area (Å²) in [5.74, 6) is -1.99. The average molecular weight is 243 g/mol. The van der Waals surface area contributed by atoms with Crippen molar-refractivity contribution in [2.75, 3.05) is 13.1 Å². The molecule has 1 aliphatic rings. The molecule has 0 aliphatic carbocycles. The molecule has 0 aromatic heterocycles. The van der Waals surface area contributed by atoms with Crippen LogP contribution in [0.4, 0.5) is 0 Å². The van der Waals surface area contributed by atoms with Crippen molar-refractivity contribution in [2.45, 2.75) is 31.8 Å². The van der Waals surface area contributed by atoms with E-state index in [1.807, 2.05) is 0 Å². The number of aliphatic carboxylic acids is 1. The molecule has 2 amide bonds. The van der Waals surface area contributed by atoms with Gasteiger partial charge < -0.3 is 21.1 Å². The Kier molecular flexibility index (Phi) is 3.72. The maximum atomic E-state index is 12.0. The second kappa shape index (κ2) is 4.70. The number of nitrogens with zero attached hydrogens (tertiary/aromatic N) is 1. The molecule has 7 nitrogen and oxygen atoms in total. The molecule has 1 unspecified atom stereocenters. The van der Waals surface area contributed by atoms with E-state index in [-0.39, 0.29) is 6.54 Å². The molecule has 1 atom stereocenters. The first-order valence-electron chi connectivity index (χ1n) is 5.33. The zero-order chi connectivity index (χ0) is 13.2. The van der Waals surface area contributed by atoms with E-state index in [2.05, 4.69) is 5.32 Å². The van der Waals surface area contributed by atoms with Crippen LogP contribution in [-0.4, -0.2) is 52.5 Å². The number of rotatable bonds is 3. The first-order chi connectivity index (χ1) is 7.73. The van der Waals surface area contributed by atoms with E-state index in [9.17, 15) is 14.4 Å². The summed E-state index contributed by atoms with van der Waals surface area (Å²) in [5.41, 5.74) is 4.56. The minimum absolute atomic E-state index is 0.281. The Morgan fingerprint density at radius 3 is 2.65 bits per heavy atom. The summed E-state index contributed by atoms with van der Waals surface area (Å²) in [4.78, 5) is 35.5. The van der Waals surface area contributed by atoms with E-state index in [1.165, 1.54) is 18.7 Å². The zero-order valence-electron chi connectivity index (χ0n) is 9.90. The van der Waals surface area contributed by atoms with Gasteiger partial charge in [0.15, 0.2) is 0 Å². The molecule has 0 spiro atoms. The Morgan fingerprint density at radius 1 is 1.59 bits per heavy atom. The highest BCUT2D eigenvalue weighted by Crippen LogP contribution is 2.14. The first-order valence-corrected chi connectivity index (χ1v) is 5.33. The molecule has 1 rings (SSSR count). The highest BCUT2D eigenvalue weighted by molar-refractivity contribution is 5.94. The summed E-state index contributed by atoms with van der Waals surface area (Å²) in [5, 5.41) is 11.3. The van der Waals surface area contributed by atoms with Gasteiger partial charge in [0.1, 0.15) is 6.04 Å². The van der Waals surface area contributed by atoms with E-state index < -0.39 is 35.8 Å². The number of amides is 2. The lowest BCUT2D eigenvalue weighted by Gasteiger charge is -2.37. The number of carbonyl (C=O) groups excluding carboxylic acids is 2. The Morgan fingerprint density at radius 2 is 2.18 bits per heavy atom. The molecule has 1 fully saturated rings. The molecule has 1 saturated heterocycles. The second-order valence-electron chi connectivity index (χ2n) is 4.62. The largest absolute Gasteiger partial charge is 0.481 e. The fourth-order valence-electron chi connectivity index (χ4n) is 1.70. The van der Waals surface area contributed by atoms with Crippen LogP contribution in [-0.2, 0) is 14.4 Å². The summed E-state index contributed by atoms with van der Waals surface area (Å²) in [7, 11) is 0. The van der Waals surface area contributed by atoms with Crippen molar-refractivity contribution in [3.8, 4) is 0 Å². The fraction of sp³-hybridized carbons (Fsp3) is 0.700. The molecule has 7 heteroatoms. The van der Waals surface area contributed by atoms with Crippen molar-refractivity contribution in [3.05, 3.63) is 0 Å². The summed E-state index contributed by atoms with van der Waals surface area (Å²) >= 11 is 0. The predicted molar refractivity (Wildman–Crippen MR) is 59.0 cm³/mol. The molecule has 0 radical (unpaired) electrons. The predicted octanol–water partition coefficient (Wildman–Crippen LogP) is -1.47. The molecular weight excluding hydrogens is 226 g/mol. The maximum absolute atomic E-state index is 12.0. The van der Waals surface area contributed by atoms with Crippen molar-refractivity contribution in [1.82, 2.24) is 10.2 Å². The number of piperazine rings is 1. The summed E-state index contributed by atoms with van der Waals surface area (Å²) in [6.07, 6.45) is -0.409. The third-order valence-corrected chi connectivity index (χ3v) is 2.51. The van der Waals surface area contributed by atoms with Crippen LogP contribution in [0.25, 0.3) is 0 Å². The van der Waals surface area contributed by atoms with Crippen LogP contribution in [0.3, 0.4) is 0 Å². The van der Waals surface area contributed by atoms with Gasteiger partial charge in [-0.1, -0.05) is 0 Å². The monoisotopic (exact) mass is 243 g/mol. The van der Waals surface area contributed by atoms with Gasteiger partial charge in [-0.2, -0.15) is 0 Å². The smallest absolute Gasteiger partial charge is 0.305 e. The van der Waals surface area contributed by atoms with Crippen LogP contribution in [0.15, 0.2) is 0 Å². The first kappa shape index (κ1) is 13.4. The molecule has 96 valence electrons. The van der Waals surface area contributed by atoms with Crippen molar-refractivity contribution in [3.63, 3.8) is 0 Å². The van der Waals surface area contributed by atoms with Gasteiger partial charge >= 0.3 is 5.97 Å². The van der Waals surface area contributed by atoms with Gasteiger partial charge in [-0.3, -0.25) is 14.4 Å². The minimum atomic E-state index is -1.13. The van der Waals surface area contributed by atoms with Gasteiger partial charge in [-0.05, 0) is 13.8 Å². The minimum Gasteiger partial charge on any atom is -0.481 e. The zero-order valence-corrected chi connectivity index (χ0v) is 9.90. The van der Waals surface area contributed by atoms with Crippen molar-refractivity contribution < 1.29 is 19.5 Å². The molecule has 17 heavy (non-hydrogen) atoms. The highest BCUT2D eigenvalue weighted by atomic mass is 16.4. The van der Waals surface area contributed by atoms with Crippen molar-refractivity contribution >= 4 is 17.8 Å². The third-order valence-electron chi connectivity index (χ3n) is 2.51. The fourth-order valence-corrected chi connectivity index (χ4v) is 1.70. The standard InChI is InChI=1S/C10H17N3O4/c1-10(2,11)9(17)13-4-3-12-8(16)6(13)5-7(14)15/h6H,3-5,11H2,1-2H3,(H,12,16)(H,14,15). The van der Waals surface area contributed by atoms with Crippen LogP contribution >= 0.6 is 0 Å². The number of hydrogen-bond acceptors (Lipinski definition) is 4. The van der Waals surface area contributed by atoms with Crippen molar-refractivity contribution in [2.24, 2.45) is 5.73 Å². The van der Waals surface area contributed by atoms with Crippen LogP contribution in [0.1, 0.15) is 20.3 Å². The van der Waals surface area contributed by atoms with Crippen molar-refractivity contribution in [1.29, 1.82) is 0 Å². The average Bonchev–Trinajstić information content (AvgIpc) is 2.18. The normalized spacial score (nSPS) is 21.0. The summed E-state index contributed by atoms with van der Waals surface area (Å²) < 4.78 is 0. The number of hydrogen-bond donors (Lipinski definition) is 3. The van der Waals surface area contributed by atoms with Gasteiger partial charge in [-0.15, -0.1) is 0 Å². The van der Waals surface area contributed by atoms with Gasteiger partial charge in [0, 0.05) is 13.1 Å².